The molecule has 0 bridgehead atoms. The number of hydrogen-bond donors (Lipinski definition) is 0. The third kappa shape index (κ3) is 7.61. The van der Waals surface area contributed by atoms with E-state index in [2.05, 4.69) is 27.7 Å². The van der Waals surface area contributed by atoms with Gasteiger partial charge in [-0.1, -0.05) is 78.4 Å². The van der Waals surface area contributed by atoms with Crippen molar-refractivity contribution < 1.29 is 9.72 Å². The Bertz CT molecular complexity index is 585. The molecule has 5 nitrogen and oxygen atoms in total. The maximum Gasteiger partial charge on any atom is 0.282 e. The predicted molar refractivity (Wildman–Crippen MR) is 116 cm³/mol. The number of para-hydroxylation sites is 1. The van der Waals surface area contributed by atoms with E-state index in [1.165, 1.54) is 6.07 Å². The number of nitrogens with zero attached hydrogens (tertiary/aromatic N) is 2. The summed E-state index contributed by atoms with van der Waals surface area (Å²) in [4.78, 5) is 26.2. The van der Waals surface area contributed by atoms with E-state index in [0.29, 0.717) is 24.9 Å². The molecule has 1 rings (SSSR count). The lowest BCUT2D eigenvalue weighted by molar-refractivity contribution is -0.385. The number of unbranched alkanes of at least 4 members (excludes halogenated alkanes) is 2. The summed E-state index contributed by atoms with van der Waals surface area (Å²) in [6, 6.07) is 6.34. The van der Waals surface area contributed by atoms with Gasteiger partial charge in [0.2, 0.25) is 0 Å². The zero-order valence-corrected chi connectivity index (χ0v) is 18.2. The molecular weight excluding hydrogens is 352 g/mol. The van der Waals surface area contributed by atoms with Crippen LogP contribution in [-0.2, 0) is 0 Å². The lowest BCUT2D eigenvalue weighted by atomic mass is 9.95. The van der Waals surface area contributed by atoms with E-state index in [1.54, 1.807) is 18.2 Å². The Balaban J connectivity index is 3.10. The van der Waals surface area contributed by atoms with E-state index in [-0.39, 0.29) is 17.2 Å². The molecule has 0 radical (unpaired) electrons. The number of nitro groups is 1. The van der Waals surface area contributed by atoms with E-state index < -0.39 is 4.92 Å². The zero-order chi connectivity index (χ0) is 20.9. The van der Waals surface area contributed by atoms with Gasteiger partial charge in [0.05, 0.1) is 4.92 Å². The van der Waals surface area contributed by atoms with Crippen molar-refractivity contribution in [3.8, 4) is 0 Å². The number of carbonyl (C=O) groups is 1. The molecule has 1 amide bonds. The van der Waals surface area contributed by atoms with Crippen molar-refractivity contribution in [2.24, 2.45) is 11.8 Å². The first kappa shape index (κ1) is 24.1. The first-order valence-electron chi connectivity index (χ1n) is 11.0. The number of nitro benzene ring substituents is 1. The standard InChI is InChI=1S/C23H38N2O3/c1-5-9-13-19(7-3)17-24(18-20(8-4)14-10-6-2)23(26)21-15-11-12-16-22(21)25(27)28/h11-12,15-16,19-20H,5-10,13-14,17-18H2,1-4H3. The molecular formula is C23H38N2O3. The van der Waals surface area contributed by atoms with E-state index in [0.717, 1.165) is 51.4 Å². The number of rotatable bonds is 14. The van der Waals surface area contributed by atoms with Crippen LogP contribution >= 0.6 is 0 Å². The Morgan fingerprint density at radius 2 is 1.46 bits per heavy atom. The molecule has 1 aromatic rings. The quantitative estimate of drug-likeness (QED) is 0.270. The first-order chi connectivity index (χ1) is 13.5. The van der Waals surface area contributed by atoms with Crippen molar-refractivity contribution in [3.05, 3.63) is 39.9 Å². The van der Waals surface area contributed by atoms with Crippen molar-refractivity contribution in [2.75, 3.05) is 13.1 Å². The van der Waals surface area contributed by atoms with Crippen LogP contribution in [0.5, 0.6) is 0 Å². The maximum atomic E-state index is 13.3. The van der Waals surface area contributed by atoms with Crippen molar-refractivity contribution in [1.82, 2.24) is 4.90 Å². The number of carbonyl (C=O) groups excluding carboxylic acids is 1. The monoisotopic (exact) mass is 390 g/mol. The van der Waals surface area contributed by atoms with Gasteiger partial charge in [-0.2, -0.15) is 0 Å². The topological polar surface area (TPSA) is 63.5 Å². The van der Waals surface area contributed by atoms with Crippen molar-refractivity contribution in [3.63, 3.8) is 0 Å². The minimum Gasteiger partial charge on any atom is -0.338 e. The van der Waals surface area contributed by atoms with Crippen molar-refractivity contribution >= 4 is 11.6 Å². The van der Waals surface area contributed by atoms with Crippen LogP contribution in [0, 0.1) is 22.0 Å². The van der Waals surface area contributed by atoms with Crippen molar-refractivity contribution in [2.45, 2.75) is 79.1 Å². The second kappa shape index (κ2) is 13.3. The summed E-state index contributed by atoms with van der Waals surface area (Å²) in [5.74, 6) is 0.683. The summed E-state index contributed by atoms with van der Waals surface area (Å²) in [6.45, 7) is 10.1. The summed E-state index contributed by atoms with van der Waals surface area (Å²) in [6.07, 6.45) is 8.82. The summed E-state index contributed by atoms with van der Waals surface area (Å²) in [7, 11) is 0. The van der Waals surface area contributed by atoms with Gasteiger partial charge in [-0.3, -0.25) is 14.9 Å². The number of benzene rings is 1. The van der Waals surface area contributed by atoms with Gasteiger partial charge in [0, 0.05) is 19.2 Å². The molecule has 0 aliphatic heterocycles. The van der Waals surface area contributed by atoms with Crippen LogP contribution in [-0.4, -0.2) is 28.8 Å². The highest BCUT2D eigenvalue weighted by Crippen LogP contribution is 2.24. The molecule has 0 aromatic heterocycles. The largest absolute Gasteiger partial charge is 0.338 e. The fourth-order valence-electron chi connectivity index (χ4n) is 3.68. The summed E-state index contributed by atoms with van der Waals surface area (Å²) < 4.78 is 0. The second-order valence-electron chi connectivity index (χ2n) is 7.82. The summed E-state index contributed by atoms with van der Waals surface area (Å²) in [5, 5.41) is 11.4. The highest BCUT2D eigenvalue weighted by Gasteiger charge is 2.27. The van der Waals surface area contributed by atoms with Crippen LogP contribution in [0.25, 0.3) is 0 Å². The van der Waals surface area contributed by atoms with Gasteiger partial charge in [0.15, 0.2) is 0 Å². The number of hydrogen-bond acceptors (Lipinski definition) is 3. The fraction of sp³-hybridized carbons (Fsp3) is 0.696. The van der Waals surface area contributed by atoms with Gasteiger partial charge in [-0.05, 0) is 30.7 Å². The average Bonchev–Trinajstić information content (AvgIpc) is 2.72. The van der Waals surface area contributed by atoms with Gasteiger partial charge in [-0.25, -0.2) is 0 Å². The van der Waals surface area contributed by atoms with Gasteiger partial charge < -0.3 is 4.90 Å². The van der Waals surface area contributed by atoms with E-state index in [4.69, 9.17) is 0 Å². The Morgan fingerprint density at radius 1 is 0.964 bits per heavy atom. The molecule has 0 spiro atoms. The van der Waals surface area contributed by atoms with Crippen LogP contribution < -0.4 is 0 Å². The molecule has 2 unspecified atom stereocenters. The van der Waals surface area contributed by atoms with Gasteiger partial charge in [0.25, 0.3) is 11.6 Å². The molecule has 5 heteroatoms. The Labute approximate surface area is 170 Å². The molecule has 0 aliphatic carbocycles. The first-order valence-corrected chi connectivity index (χ1v) is 11.0. The lowest BCUT2D eigenvalue weighted by Crippen LogP contribution is -2.39. The third-order valence-corrected chi connectivity index (χ3v) is 5.66. The molecule has 158 valence electrons. The Kier molecular flexibility index (Phi) is 11.5. The SMILES string of the molecule is CCCCC(CC)CN(CC(CC)CCCC)C(=O)c1ccccc1[N+](=O)[O-]. The average molecular weight is 391 g/mol. The molecule has 1 aromatic carbocycles. The minimum atomic E-state index is -0.450. The molecule has 0 heterocycles. The van der Waals surface area contributed by atoms with Gasteiger partial charge in [-0.15, -0.1) is 0 Å². The lowest BCUT2D eigenvalue weighted by Gasteiger charge is -2.30. The van der Waals surface area contributed by atoms with Gasteiger partial charge in [0.1, 0.15) is 5.56 Å². The van der Waals surface area contributed by atoms with Crippen LogP contribution in [0.3, 0.4) is 0 Å². The Morgan fingerprint density at radius 3 is 1.89 bits per heavy atom. The highest BCUT2D eigenvalue weighted by molar-refractivity contribution is 5.98. The molecule has 0 aliphatic rings. The second-order valence-corrected chi connectivity index (χ2v) is 7.82. The van der Waals surface area contributed by atoms with Gasteiger partial charge >= 0.3 is 0 Å². The van der Waals surface area contributed by atoms with E-state index in [1.807, 2.05) is 4.90 Å². The van der Waals surface area contributed by atoms with Crippen molar-refractivity contribution in [1.29, 1.82) is 0 Å². The number of amides is 1. The molecule has 2 atom stereocenters. The van der Waals surface area contributed by atoms with Crippen LogP contribution in [0.15, 0.2) is 24.3 Å². The molecule has 0 fully saturated rings. The Hall–Kier alpha value is -1.91. The molecule has 0 N–H and O–H groups in total. The maximum absolute atomic E-state index is 13.3. The highest BCUT2D eigenvalue weighted by atomic mass is 16.6. The zero-order valence-electron chi connectivity index (χ0n) is 18.2. The third-order valence-electron chi connectivity index (χ3n) is 5.66. The minimum absolute atomic E-state index is 0.0966. The normalized spacial score (nSPS) is 13.1. The fourth-order valence-corrected chi connectivity index (χ4v) is 3.68. The molecule has 28 heavy (non-hydrogen) atoms. The van der Waals surface area contributed by atoms with Crippen LogP contribution in [0.2, 0.25) is 0 Å². The van der Waals surface area contributed by atoms with Crippen LogP contribution in [0.4, 0.5) is 5.69 Å². The van der Waals surface area contributed by atoms with Crippen LogP contribution in [0.1, 0.15) is 89.4 Å². The summed E-state index contributed by atoms with van der Waals surface area (Å²) in [5.41, 5.74) is 0.115. The predicted octanol–water partition coefficient (Wildman–Crippen LogP) is 6.47. The van der Waals surface area contributed by atoms with E-state index >= 15 is 0 Å². The summed E-state index contributed by atoms with van der Waals surface area (Å²) >= 11 is 0. The molecule has 0 saturated heterocycles. The molecule has 0 saturated carbocycles. The van der Waals surface area contributed by atoms with E-state index in [9.17, 15) is 14.9 Å². The smallest absolute Gasteiger partial charge is 0.282 e.